The van der Waals surface area contributed by atoms with E-state index in [2.05, 4.69) is 10.1 Å². The molecule has 5 rings (SSSR count). The zero-order chi connectivity index (χ0) is 24.3. The number of nitrogens with zero attached hydrogens (tertiary/aromatic N) is 1. The molecule has 0 bridgehead atoms. The van der Waals surface area contributed by atoms with Gasteiger partial charge in [-0.05, 0) is 72.7 Å². The number of halogens is 3. The number of carbonyl (C=O) groups is 2. The molecular weight excluding hydrogens is 453 g/mol. The summed E-state index contributed by atoms with van der Waals surface area (Å²) in [5, 5.41) is 3.27. The first-order valence-corrected chi connectivity index (χ1v) is 10.6. The number of urea groups is 1. The molecule has 1 saturated heterocycles. The molecule has 1 atom stereocenters. The summed E-state index contributed by atoms with van der Waals surface area (Å²) < 4.78 is 46.5. The van der Waals surface area contributed by atoms with Crippen LogP contribution in [-0.4, -0.2) is 23.2 Å². The van der Waals surface area contributed by atoms with E-state index in [4.69, 9.17) is 4.42 Å². The molecule has 1 aliphatic heterocycles. The van der Waals surface area contributed by atoms with Crippen molar-refractivity contribution in [2.45, 2.75) is 44.6 Å². The Morgan fingerprint density at radius 3 is 2.41 bits per heavy atom. The predicted molar refractivity (Wildman–Crippen MR) is 114 cm³/mol. The Bertz CT molecular complexity index is 1380. The maximum absolute atomic E-state index is 13.3. The zero-order valence-electron chi connectivity index (χ0n) is 18.0. The van der Waals surface area contributed by atoms with E-state index >= 15 is 0 Å². The molecule has 2 aromatic carbocycles. The summed E-state index contributed by atoms with van der Waals surface area (Å²) in [6, 6.07) is 9.10. The molecule has 176 valence electrons. The molecule has 0 radical (unpaired) electrons. The largest absolute Gasteiger partial charge is 0.573 e. The summed E-state index contributed by atoms with van der Waals surface area (Å²) in [6.07, 6.45) is -2.04. The molecule has 7 nitrogen and oxygen atoms in total. The number of carbonyl (C=O) groups excluding carboxylic acids is 2. The van der Waals surface area contributed by atoms with Crippen LogP contribution in [0.25, 0.3) is 11.0 Å². The second kappa shape index (κ2) is 7.61. The highest BCUT2D eigenvalue weighted by Gasteiger charge is 2.49. The van der Waals surface area contributed by atoms with Crippen molar-refractivity contribution in [1.29, 1.82) is 0 Å². The van der Waals surface area contributed by atoms with Gasteiger partial charge in [0, 0.05) is 11.5 Å². The summed E-state index contributed by atoms with van der Waals surface area (Å²) in [6.45, 7) is 1.31. The average Bonchev–Trinajstić information content (AvgIpc) is 3.29. The van der Waals surface area contributed by atoms with Crippen LogP contribution in [0.3, 0.4) is 0 Å². The second-order valence-electron chi connectivity index (χ2n) is 8.58. The molecule has 2 heterocycles. The monoisotopic (exact) mass is 472 g/mol. The molecule has 3 amide bonds. The van der Waals surface area contributed by atoms with Crippen molar-refractivity contribution in [3.63, 3.8) is 0 Å². The van der Waals surface area contributed by atoms with Crippen molar-refractivity contribution < 1.29 is 31.9 Å². The lowest BCUT2D eigenvalue weighted by atomic mass is 9.92. The molecule has 1 N–H and O–H groups in total. The summed E-state index contributed by atoms with van der Waals surface area (Å²) >= 11 is 0. The van der Waals surface area contributed by atoms with E-state index in [-0.39, 0.29) is 12.1 Å². The van der Waals surface area contributed by atoms with Crippen molar-refractivity contribution in [2.24, 2.45) is 0 Å². The third-order valence-corrected chi connectivity index (χ3v) is 6.31. The van der Waals surface area contributed by atoms with Gasteiger partial charge in [-0.25, -0.2) is 9.59 Å². The van der Waals surface area contributed by atoms with Crippen LogP contribution in [0.4, 0.5) is 18.0 Å². The van der Waals surface area contributed by atoms with E-state index in [1.165, 1.54) is 25.1 Å². The lowest BCUT2D eigenvalue weighted by Gasteiger charge is -2.23. The number of hydrogen-bond acceptors (Lipinski definition) is 5. The van der Waals surface area contributed by atoms with E-state index in [0.29, 0.717) is 16.5 Å². The number of aryl methyl sites for hydroxylation is 2. The van der Waals surface area contributed by atoms with Gasteiger partial charge in [-0.3, -0.25) is 9.69 Å². The third kappa shape index (κ3) is 3.78. The van der Waals surface area contributed by atoms with Crippen molar-refractivity contribution >= 4 is 22.9 Å². The van der Waals surface area contributed by atoms with Gasteiger partial charge in [0.1, 0.15) is 16.9 Å². The first-order valence-electron chi connectivity index (χ1n) is 10.6. The smallest absolute Gasteiger partial charge is 0.423 e. The Labute approximate surface area is 191 Å². The number of fused-ring (bicyclic) bond motifs is 2. The molecule has 1 unspecified atom stereocenters. The van der Waals surface area contributed by atoms with Gasteiger partial charge in [-0.1, -0.05) is 12.1 Å². The Kier molecular flexibility index (Phi) is 4.92. The Morgan fingerprint density at radius 1 is 1.06 bits per heavy atom. The van der Waals surface area contributed by atoms with Crippen LogP contribution in [0.1, 0.15) is 35.6 Å². The zero-order valence-corrected chi connectivity index (χ0v) is 18.0. The minimum absolute atomic E-state index is 0.156. The third-order valence-electron chi connectivity index (χ3n) is 6.31. The fourth-order valence-electron chi connectivity index (χ4n) is 4.62. The number of benzene rings is 2. The van der Waals surface area contributed by atoms with Crippen LogP contribution < -0.4 is 15.7 Å². The standard InChI is InChI=1S/C24H19F3N2O5/c1-23(16-5-7-17(8-6-16)34-24(25,26)27)21(31)29(22(32)28-23)12-15-11-20(30)33-19-10-14-4-2-3-13(14)9-18(15)19/h5-11H,2-4,12H2,1H3,(H,28,32). The van der Waals surface area contributed by atoms with Crippen LogP contribution in [0, 0.1) is 0 Å². The Hall–Kier alpha value is -3.82. The summed E-state index contributed by atoms with van der Waals surface area (Å²) in [5.74, 6) is -1.03. The van der Waals surface area contributed by atoms with Gasteiger partial charge >= 0.3 is 18.0 Å². The van der Waals surface area contributed by atoms with Gasteiger partial charge in [0.2, 0.25) is 0 Å². The fourth-order valence-corrected chi connectivity index (χ4v) is 4.62. The summed E-state index contributed by atoms with van der Waals surface area (Å²) in [5.41, 5.74) is 1.35. The van der Waals surface area contributed by atoms with Gasteiger partial charge in [-0.2, -0.15) is 0 Å². The number of alkyl halides is 3. The maximum atomic E-state index is 13.3. The van der Waals surface area contributed by atoms with E-state index in [1.54, 1.807) is 0 Å². The van der Waals surface area contributed by atoms with Crippen LogP contribution in [0.2, 0.25) is 0 Å². The molecule has 1 fully saturated rings. The molecule has 34 heavy (non-hydrogen) atoms. The number of amides is 3. The highest BCUT2D eigenvalue weighted by Crippen LogP contribution is 2.34. The maximum Gasteiger partial charge on any atom is 0.573 e. The number of hydrogen-bond donors (Lipinski definition) is 1. The normalized spacial score (nSPS) is 20.1. The highest BCUT2D eigenvalue weighted by atomic mass is 19.4. The number of nitrogens with one attached hydrogen (secondary N) is 1. The van der Waals surface area contributed by atoms with Crippen molar-refractivity contribution in [1.82, 2.24) is 10.2 Å². The lowest BCUT2D eigenvalue weighted by Crippen LogP contribution is -2.40. The highest BCUT2D eigenvalue weighted by molar-refractivity contribution is 6.07. The lowest BCUT2D eigenvalue weighted by molar-refractivity contribution is -0.274. The molecule has 2 aliphatic rings. The van der Waals surface area contributed by atoms with Crippen LogP contribution >= 0.6 is 0 Å². The van der Waals surface area contributed by atoms with Crippen LogP contribution in [0.15, 0.2) is 51.7 Å². The minimum Gasteiger partial charge on any atom is -0.423 e. The average molecular weight is 472 g/mol. The fraction of sp³-hybridized carbons (Fsp3) is 0.292. The number of ether oxygens (including phenoxy) is 1. The first-order chi connectivity index (χ1) is 16.0. The summed E-state index contributed by atoms with van der Waals surface area (Å²) in [7, 11) is 0. The van der Waals surface area contributed by atoms with E-state index in [9.17, 15) is 27.6 Å². The minimum atomic E-state index is -4.84. The van der Waals surface area contributed by atoms with Crippen LogP contribution in [0.5, 0.6) is 5.75 Å². The number of rotatable bonds is 4. The van der Waals surface area contributed by atoms with Gasteiger partial charge in [0.05, 0.1) is 6.54 Å². The van der Waals surface area contributed by atoms with Crippen molar-refractivity contribution in [3.8, 4) is 5.75 Å². The topological polar surface area (TPSA) is 88.8 Å². The molecule has 10 heteroatoms. The van der Waals surface area contributed by atoms with Gasteiger partial charge in [0.15, 0.2) is 0 Å². The molecule has 3 aromatic rings. The Morgan fingerprint density at radius 2 is 1.74 bits per heavy atom. The van der Waals surface area contributed by atoms with Crippen molar-refractivity contribution in [3.05, 3.63) is 75.1 Å². The quantitative estimate of drug-likeness (QED) is 0.455. The van der Waals surface area contributed by atoms with Gasteiger partial charge in [0.25, 0.3) is 5.91 Å². The predicted octanol–water partition coefficient (Wildman–Crippen LogP) is 4.15. The molecule has 0 spiro atoms. The van der Waals surface area contributed by atoms with Gasteiger partial charge in [-0.15, -0.1) is 13.2 Å². The van der Waals surface area contributed by atoms with Crippen molar-refractivity contribution in [2.75, 3.05) is 0 Å². The molecule has 1 aliphatic carbocycles. The van der Waals surface area contributed by atoms with E-state index < -0.39 is 35.2 Å². The Balaban J connectivity index is 1.45. The molecule has 1 aromatic heterocycles. The molecular formula is C24H19F3N2O5. The van der Waals surface area contributed by atoms with E-state index in [1.807, 2.05) is 12.1 Å². The summed E-state index contributed by atoms with van der Waals surface area (Å²) in [4.78, 5) is 39.2. The first kappa shape index (κ1) is 22.0. The number of imide groups is 1. The van der Waals surface area contributed by atoms with Crippen LogP contribution in [-0.2, 0) is 29.7 Å². The second-order valence-corrected chi connectivity index (χ2v) is 8.58. The van der Waals surface area contributed by atoms with Gasteiger partial charge < -0.3 is 14.5 Å². The SMILES string of the molecule is CC1(c2ccc(OC(F)(F)F)cc2)NC(=O)N(Cc2cc(=O)oc3cc4c(cc23)CCC4)C1=O. The van der Waals surface area contributed by atoms with E-state index in [0.717, 1.165) is 47.4 Å². The molecule has 0 saturated carbocycles.